The van der Waals surface area contributed by atoms with Gasteiger partial charge in [-0.3, -0.25) is 0 Å². The van der Waals surface area contributed by atoms with Gasteiger partial charge >= 0.3 is 0 Å². The minimum absolute atomic E-state index is 0.176. The predicted octanol–water partition coefficient (Wildman–Crippen LogP) is 4.28. The summed E-state index contributed by atoms with van der Waals surface area (Å²) in [6.45, 7) is 4.02. The number of hydrogen-bond donors (Lipinski definition) is 0. The Hall–Kier alpha value is -2.29. The van der Waals surface area contributed by atoms with Gasteiger partial charge in [-0.1, -0.05) is 12.1 Å². The van der Waals surface area contributed by atoms with Gasteiger partial charge in [0.1, 0.15) is 11.3 Å². The van der Waals surface area contributed by atoms with E-state index < -0.39 is 0 Å². The first-order valence-electron chi connectivity index (χ1n) is 6.35. The number of fused-ring (bicyclic) bond motifs is 1. The van der Waals surface area contributed by atoms with E-state index in [2.05, 4.69) is 4.98 Å². The van der Waals surface area contributed by atoms with Crippen LogP contribution >= 0.6 is 0 Å². The summed E-state index contributed by atoms with van der Waals surface area (Å²) in [5, 5.41) is 0. The van der Waals surface area contributed by atoms with Crippen molar-refractivity contribution >= 4 is 11.1 Å². The summed E-state index contributed by atoms with van der Waals surface area (Å²) in [5.41, 5.74) is 2.63. The quantitative estimate of drug-likeness (QED) is 0.698. The molecule has 0 amide bonds. The molecule has 0 unspecified atom stereocenters. The van der Waals surface area contributed by atoms with E-state index in [4.69, 9.17) is 9.15 Å². The number of ether oxygens (including phenoxy) is 1. The van der Waals surface area contributed by atoms with E-state index in [1.807, 2.05) is 62.4 Å². The van der Waals surface area contributed by atoms with Crippen LogP contribution in [0.4, 0.5) is 0 Å². The van der Waals surface area contributed by atoms with Crippen molar-refractivity contribution in [1.29, 1.82) is 0 Å². The van der Waals surface area contributed by atoms with E-state index in [0.717, 1.165) is 22.4 Å². The van der Waals surface area contributed by atoms with Crippen molar-refractivity contribution < 1.29 is 9.15 Å². The van der Waals surface area contributed by atoms with Crippen LogP contribution in [0.1, 0.15) is 13.8 Å². The number of benzene rings is 2. The number of nitrogens with zero attached hydrogens (tertiary/aromatic N) is 1. The summed E-state index contributed by atoms with van der Waals surface area (Å²) < 4.78 is 11.3. The molecule has 0 fully saturated rings. The largest absolute Gasteiger partial charge is 0.491 e. The first kappa shape index (κ1) is 11.8. The van der Waals surface area contributed by atoms with Gasteiger partial charge in [0.25, 0.3) is 0 Å². The molecule has 3 heteroatoms. The Bertz CT molecular complexity index is 650. The highest BCUT2D eigenvalue weighted by Crippen LogP contribution is 2.25. The highest BCUT2D eigenvalue weighted by molar-refractivity contribution is 5.76. The molecule has 0 aliphatic rings. The van der Waals surface area contributed by atoms with Gasteiger partial charge in [-0.2, -0.15) is 0 Å². The fourth-order valence-corrected chi connectivity index (χ4v) is 1.94. The third-order valence-corrected chi connectivity index (χ3v) is 2.77. The van der Waals surface area contributed by atoms with Crippen LogP contribution in [-0.2, 0) is 0 Å². The number of para-hydroxylation sites is 2. The summed E-state index contributed by atoms with van der Waals surface area (Å²) in [5.74, 6) is 1.49. The molecular weight excluding hydrogens is 238 g/mol. The second kappa shape index (κ2) is 4.76. The summed E-state index contributed by atoms with van der Waals surface area (Å²) >= 11 is 0. The molecule has 2 aromatic carbocycles. The molecule has 0 radical (unpaired) electrons. The van der Waals surface area contributed by atoms with Crippen LogP contribution < -0.4 is 4.74 Å². The van der Waals surface area contributed by atoms with Crippen LogP contribution in [0, 0.1) is 0 Å². The smallest absolute Gasteiger partial charge is 0.227 e. The van der Waals surface area contributed by atoms with E-state index in [9.17, 15) is 0 Å². The lowest BCUT2D eigenvalue weighted by atomic mass is 10.2. The van der Waals surface area contributed by atoms with Gasteiger partial charge in [0, 0.05) is 5.56 Å². The van der Waals surface area contributed by atoms with Crippen LogP contribution in [0.2, 0.25) is 0 Å². The number of hydrogen-bond acceptors (Lipinski definition) is 3. The molecule has 3 nitrogen and oxygen atoms in total. The molecule has 0 spiro atoms. The third kappa shape index (κ3) is 2.45. The Morgan fingerprint density at radius 1 is 1.00 bits per heavy atom. The zero-order valence-corrected chi connectivity index (χ0v) is 11.0. The molecule has 0 saturated heterocycles. The van der Waals surface area contributed by atoms with Gasteiger partial charge in [-0.25, -0.2) is 4.98 Å². The van der Waals surface area contributed by atoms with Gasteiger partial charge in [-0.05, 0) is 50.2 Å². The Morgan fingerprint density at radius 2 is 1.74 bits per heavy atom. The standard InChI is InChI=1S/C16H15NO2/c1-11(2)18-13-9-7-12(8-10-13)16-17-14-5-3-4-6-15(14)19-16/h3-11H,1-2H3. The van der Waals surface area contributed by atoms with E-state index in [1.54, 1.807) is 0 Å². The van der Waals surface area contributed by atoms with Gasteiger partial charge in [0.15, 0.2) is 5.58 Å². The van der Waals surface area contributed by atoms with Gasteiger partial charge in [0.05, 0.1) is 6.10 Å². The predicted molar refractivity (Wildman–Crippen MR) is 75.2 cm³/mol. The Kier molecular flexibility index (Phi) is 2.95. The SMILES string of the molecule is CC(C)Oc1ccc(-c2nc3ccccc3o2)cc1. The fraction of sp³-hybridized carbons (Fsp3) is 0.188. The maximum atomic E-state index is 5.72. The highest BCUT2D eigenvalue weighted by atomic mass is 16.5. The molecule has 96 valence electrons. The first-order chi connectivity index (χ1) is 9.22. The number of aromatic nitrogens is 1. The van der Waals surface area contributed by atoms with Crippen LogP contribution in [0.15, 0.2) is 52.9 Å². The van der Waals surface area contributed by atoms with Crippen molar-refractivity contribution in [1.82, 2.24) is 4.98 Å². The van der Waals surface area contributed by atoms with Crippen LogP contribution in [-0.4, -0.2) is 11.1 Å². The molecule has 0 N–H and O–H groups in total. The van der Waals surface area contributed by atoms with Crippen LogP contribution in [0.5, 0.6) is 5.75 Å². The maximum Gasteiger partial charge on any atom is 0.227 e. The third-order valence-electron chi connectivity index (χ3n) is 2.77. The van der Waals surface area contributed by atoms with Gasteiger partial charge < -0.3 is 9.15 Å². The molecule has 0 aliphatic carbocycles. The zero-order valence-electron chi connectivity index (χ0n) is 11.0. The van der Waals surface area contributed by atoms with Crippen molar-refractivity contribution in [3.05, 3.63) is 48.5 Å². The highest BCUT2D eigenvalue weighted by Gasteiger charge is 2.07. The molecule has 19 heavy (non-hydrogen) atoms. The summed E-state index contributed by atoms with van der Waals surface area (Å²) in [7, 11) is 0. The summed E-state index contributed by atoms with van der Waals surface area (Å²) in [6.07, 6.45) is 0.176. The monoisotopic (exact) mass is 253 g/mol. The van der Waals surface area contributed by atoms with Crippen molar-refractivity contribution in [2.45, 2.75) is 20.0 Å². The molecule has 0 bridgehead atoms. The second-order valence-corrected chi connectivity index (χ2v) is 4.68. The Labute approximate surface area is 111 Å². The molecule has 3 rings (SSSR count). The topological polar surface area (TPSA) is 35.3 Å². The maximum absolute atomic E-state index is 5.72. The molecule has 3 aromatic rings. The first-order valence-corrected chi connectivity index (χ1v) is 6.35. The average molecular weight is 253 g/mol. The van der Waals surface area contributed by atoms with Gasteiger partial charge in [0.2, 0.25) is 5.89 Å². The zero-order chi connectivity index (χ0) is 13.2. The van der Waals surface area contributed by atoms with Crippen LogP contribution in [0.3, 0.4) is 0 Å². The van der Waals surface area contributed by atoms with E-state index in [1.165, 1.54) is 0 Å². The molecule has 0 atom stereocenters. The summed E-state index contributed by atoms with van der Waals surface area (Å²) in [6, 6.07) is 15.5. The fourth-order valence-electron chi connectivity index (χ4n) is 1.94. The molecule has 1 heterocycles. The van der Waals surface area contributed by atoms with Crippen LogP contribution in [0.25, 0.3) is 22.6 Å². The van der Waals surface area contributed by atoms with Gasteiger partial charge in [-0.15, -0.1) is 0 Å². The molecular formula is C16H15NO2. The van der Waals surface area contributed by atoms with Crippen molar-refractivity contribution in [3.8, 4) is 17.2 Å². The molecule has 0 saturated carbocycles. The molecule has 1 aromatic heterocycles. The Morgan fingerprint density at radius 3 is 2.42 bits per heavy atom. The van der Waals surface area contributed by atoms with E-state index in [-0.39, 0.29) is 6.10 Å². The molecule has 0 aliphatic heterocycles. The number of oxazole rings is 1. The van der Waals surface area contributed by atoms with E-state index in [0.29, 0.717) is 5.89 Å². The normalized spacial score (nSPS) is 11.1. The minimum Gasteiger partial charge on any atom is -0.491 e. The Balaban J connectivity index is 1.93. The van der Waals surface area contributed by atoms with Crippen molar-refractivity contribution in [2.24, 2.45) is 0 Å². The second-order valence-electron chi connectivity index (χ2n) is 4.68. The summed E-state index contributed by atoms with van der Waals surface area (Å²) in [4.78, 5) is 4.47. The number of rotatable bonds is 3. The minimum atomic E-state index is 0.176. The average Bonchev–Trinajstić information content (AvgIpc) is 2.82. The lowest BCUT2D eigenvalue weighted by molar-refractivity contribution is 0.242. The lowest BCUT2D eigenvalue weighted by Gasteiger charge is -2.09. The lowest BCUT2D eigenvalue weighted by Crippen LogP contribution is -2.05. The van der Waals surface area contributed by atoms with Crippen molar-refractivity contribution in [2.75, 3.05) is 0 Å². The van der Waals surface area contributed by atoms with E-state index >= 15 is 0 Å². The van der Waals surface area contributed by atoms with Crippen molar-refractivity contribution in [3.63, 3.8) is 0 Å².